The van der Waals surface area contributed by atoms with Gasteiger partial charge in [0, 0.05) is 37.5 Å². The van der Waals surface area contributed by atoms with E-state index in [-0.39, 0.29) is 43.7 Å². The van der Waals surface area contributed by atoms with Gasteiger partial charge in [-0.2, -0.15) is 0 Å². The number of nitrogens with one attached hydrogen (secondary N) is 1. The standard InChI is InChI=1S/C33H42ClN3O5S/c1-5-42-30-18-16-29(17-19-30)37(43(4,40)41)20-10-15-32(38)36(24-27-13-9-14-28(34)21-27)31(33(39)35-23-25(2)3)22-26-11-7-6-8-12-26/h6-9,11-14,16-19,21,25,31H,5,10,15,20,22-24H2,1-4H3,(H,35,39)/t31-/m0/s1. The Morgan fingerprint density at radius 2 is 1.63 bits per heavy atom. The quantitative estimate of drug-likeness (QED) is 0.220. The van der Waals surface area contributed by atoms with E-state index in [4.69, 9.17) is 16.3 Å². The topological polar surface area (TPSA) is 96.0 Å². The lowest BCUT2D eigenvalue weighted by Crippen LogP contribution is -2.51. The molecule has 0 aromatic heterocycles. The van der Waals surface area contributed by atoms with Crippen molar-refractivity contribution < 1.29 is 22.7 Å². The first-order chi connectivity index (χ1) is 20.5. The number of ether oxygens (including phenoxy) is 1. The lowest BCUT2D eigenvalue weighted by atomic mass is 10.0. The molecule has 1 N–H and O–H groups in total. The summed E-state index contributed by atoms with van der Waals surface area (Å²) in [5.41, 5.74) is 2.21. The molecule has 0 aliphatic rings. The zero-order valence-electron chi connectivity index (χ0n) is 25.3. The average molecular weight is 628 g/mol. The number of hydrogen-bond donors (Lipinski definition) is 1. The summed E-state index contributed by atoms with van der Waals surface area (Å²) in [6, 6.07) is 22.9. The van der Waals surface area contributed by atoms with Crippen molar-refractivity contribution in [2.75, 3.05) is 30.3 Å². The molecular weight excluding hydrogens is 586 g/mol. The van der Waals surface area contributed by atoms with Crippen LogP contribution in [0.25, 0.3) is 0 Å². The van der Waals surface area contributed by atoms with Crippen molar-refractivity contribution in [3.05, 3.63) is 95.0 Å². The molecule has 3 rings (SSSR count). The van der Waals surface area contributed by atoms with E-state index in [1.165, 1.54) is 4.31 Å². The molecule has 3 aromatic rings. The number of carbonyl (C=O) groups is 2. The molecule has 0 radical (unpaired) electrons. The molecule has 1 atom stereocenters. The molecule has 0 heterocycles. The van der Waals surface area contributed by atoms with Crippen molar-refractivity contribution in [3.63, 3.8) is 0 Å². The molecule has 10 heteroatoms. The number of carbonyl (C=O) groups excluding carboxylic acids is 2. The highest BCUT2D eigenvalue weighted by molar-refractivity contribution is 7.92. The molecule has 0 spiro atoms. The Labute approximate surface area is 261 Å². The summed E-state index contributed by atoms with van der Waals surface area (Å²) in [6.45, 7) is 7.17. The number of nitrogens with zero attached hydrogens (tertiary/aromatic N) is 2. The first kappa shape index (κ1) is 33.9. The fourth-order valence-electron chi connectivity index (χ4n) is 4.69. The maximum atomic E-state index is 13.9. The minimum absolute atomic E-state index is 0.0480. The molecular formula is C33H42ClN3O5S. The molecule has 232 valence electrons. The lowest BCUT2D eigenvalue weighted by molar-refractivity contribution is -0.141. The van der Waals surface area contributed by atoms with Crippen LogP contribution in [0.5, 0.6) is 5.75 Å². The number of hydrogen-bond acceptors (Lipinski definition) is 5. The van der Waals surface area contributed by atoms with Crippen molar-refractivity contribution in [2.24, 2.45) is 5.92 Å². The van der Waals surface area contributed by atoms with E-state index in [0.717, 1.165) is 17.4 Å². The van der Waals surface area contributed by atoms with Crippen LogP contribution in [0, 0.1) is 5.92 Å². The van der Waals surface area contributed by atoms with E-state index < -0.39 is 16.1 Å². The molecule has 0 aliphatic carbocycles. The second-order valence-corrected chi connectivity index (χ2v) is 13.2. The van der Waals surface area contributed by atoms with Gasteiger partial charge in [-0.15, -0.1) is 0 Å². The Morgan fingerprint density at radius 3 is 2.23 bits per heavy atom. The number of amides is 2. The fraction of sp³-hybridized carbons (Fsp3) is 0.394. The summed E-state index contributed by atoms with van der Waals surface area (Å²) in [5, 5.41) is 3.54. The third-order valence-electron chi connectivity index (χ3n) is 6.79. The second-order valence-electron chi connectivity index (χ2n) is 10.9. The summed E-state index contributed by atoms with van der Waals surface area (Å²) < 4.78 is 32.1. The maximum absolute atomic E-state index is 13.9. The van der Waals surface area contributed by atoms with Gasteiger partial charge in [-0.25, -0.2) is 8.42 Å². The number of rotatable bonds is 16. The van der Waals surface area contributed by atoms with E-state index in [1.54, 1.807) is 41.3 Å². The molecule has 43 heavy (non-hydrogen) atoms. The molecule has 0 fully saturated rings. The highest BCUT2D eigenvalue weighted by Gasteiger charge is 2.30. The molecule has 0 saturated heterocycles. The lowest BCUT2D eigenvalue weighted by Gasteiger charge is -2.32. The van der Waals surface area contributed by atoms with Gasteiger partial charge >= 0.3 is 0 Å². The summed E-state index contributed by atoms with van der Waals surface area (Å²) in [7, 11) is -3.61. The highest BCUT2D eigenvalue weighted by atomic mass is 35.5. The largest absolute Gasteiger partial charge is 0.494 e. The second kappa shape index (κ2) is 16.3. The Kier molecular flexibility index (Phi) is 12.9. The molecule has 0 saturated carbocycles. The Hall–Kier alpha value is -3.56. The number of halogens is 1. The summed E-state index contributed by atoms with van der Waals surface area (Å²) in [6.07, 6.45) is 1.79. The van der Waals surface area contributed by atoms with E-state index in [2.05, 4.69) is 5.32 Å². The molecule has 0 bridgehead atoms. The van der Waals surface area contributed by atoms with Crippen LogP contribution >= 0.6 is 11.6 Å². The van der Waals surface area contributed by atoms with Gasteiger partial charge in [-0.05, 0) is 66.8 Å². The van der Waals surface area contributed by atoms with Crippen LogP contribution in [-0.4, -0.2) is 57.1 Å². The molecule has 0 unspecified atom stereocenters. The van der Waals surface area contributed by atoms with E-state index in [9.17, 15) is 18.0 Å². The minimum atomic E-state index is -3.61. The Balaban J connectivity index is 1.86. The molecule has 8 nitrogen and oxygen atoms in total. The van der Waals surface area contributed by atoms with E-state index in [1.807, 2.05) is 63.2 Å². The van der Waals surface area contributed by atoms with Crippen LogP contribution in [0.3, 0.4) is 0 Å². The van der Waals surface area contributed by atoms with Gasteiger partial charge in [0.2, 0.25) is 21.8 Å². The van der Waals surface area contributed by atoms with Crippen molar-refractivity contribution in [3.8, 4) is 5.75 Å². The summed E-state index contributed by atoms with van der Waals surface area (Å²) >= 11 is 6.26. The third kappa shape index (κ3) is 10.9. The van der Waals surface area contributed by atoms with Crippen molar-refractivity contribution in [1.29, 1.82) is 0 Å². The van der Waals surface area contributed by atoms with Gasteiger partial charge in [0.15, 0.2) is 0 Å². The summed E-state index contributed by atoms with van der Waals surface area (Å²) in [5.74, 6) is 0.399. The van der Waals surface area contributed by atoms with Crippen LogP contribution in [0.2, 0.25) is 5.02 Å². The van der Waals surface area contributed by atoms with E-state index in [0.29, 0.717) is 36.0 Å². The normalized spacial score (nSPS) is 12.0. The van der Waals surface area contributed by atoms with Crippen LogP contribution in [0.15, 0.2) is 78.9 Å². The SMILES string of the molecule is CCOc1ccc(N(CCCC(=O)N(Cc2cccc(Cl)c2)[C@@H](Cc2ccccc2)C(=O)NCC(C)C)S(C)(=O)=O)cc1. The molecule has 0 aliphatic heterocycles. The van der Waals surface area contributed by atoms with Gasteiger partial charge < -0.3 is 15.0 Å². The zero-order valence-corrected chi connectivity index (χ0v) is 26.9. The zero-order chi connectivity index (χ0) is 31.4. The van der Waals surface area contributed by atoms with Crippen LogP contribution < -0.4 is 14.4 Å². The van der Waals surface area contributed by atoms with Crippen molar-refractivity contribution in [1.82, 2.24) is 10.2 Å². The van der Waals surface area contributed by atoms with Crippen LogP contribution in [0.4, 0.5) is 5.69 Å². The first-order valence-electron chi connectivity index (χ1n) is 14.5. The fourth-order valence-corrected chi connectivity index (χ4v) is 5.87. The Morgan fingerprint density at radius 1 is 0.953 bits per heavy atom. The van der Waals surface area contributed by atoms with Crippen LogP contribution in [0.1, 0.15) is 44.7 Å². The molecule has 2 amide bonds. The summed E-state index contributed by atoms with van der Waals surface area (Å²) in [4.78, 5) is 29.1. The number of sulfonamides is 1. The molecule has 3 aromatic carbocycles. The van der Waals surface area contributed by atoms with E-state index >= 15 is 0 Å². The van der Waals surface area contributed by atoms with Gasteiger partial charge in [0.05, 0.1) is 18.6 Å². The van der Waals surface area contributed by atoms with Crippen molar-refractivity contribution >= 4 is 39.1 Å². The van der Waals surface area contributed by atoms with Gasteiger partial charge in [0.1, 0.15) is 11.8 Å². The van der Waals surface area contributed by atoms with Crippen molar-refractivity contribution in [2.45, 2.75) is 52.6 Å². The number of anilines is 1. The minimum Gasteiger partial charge on any atom is -0.494 e. The highest BCUT2D eigenvalue weighted by Crippen LogP contribution is 2.23. The average Bonchev–Trinajstić information content (AvgIpc) is 2.96. The predicted octanol–water partition coefficient (Wildman–Crippen LogP) is 5.70. The third-order valence-corrected chi connectivity index (χ3v) is 8.21. The predicted molar refractivity (Wildman–Crippen MR) is 173 cm³/mol. The Bertz CT molecular complexity index is 1430. The first-order valence-corrected chi connectivity index (χ1v) is 16.8. The van der Waals surface area contributed by atoms with Gasteiger partial charge in [-0.1, -0.05) is 67.9 Å². The van der Waals surface area contributed by atoms with Gasteiger partial charge in [0.25, 0.3) is 0 Å². The number of benzene rings is 3. The van der Waals surface area contributed by atoms with Crippen LogP contribution in [-0.2, 0) is 32.6 Å². The maximum Gasteiger partial charge on any atom is 0.243 e. The monoisotopic (exact) mass is 627 g/mol. The smallest absolute Gasteiger partial charge is 0.243 e. The van der Waals surface area contributed by atoms with Gasteiger partial charge in [-0.3, -0.25) is 13.9 Å².